The van der Waals surface area contributed by atoms with Crippen LogP contribution in [0.1, 0.15) is 0 Å². The van der Waals surface area contributed by atoms with Crippen molar-refractivity contribution < 1.29 is 21.7 Å². The van der Waals surface area contributed by atoms with E-state index in [1.807, 2.05) is 34.9 Å². The summed E-state index contributed by atoms with van der Waals surface area (Å²) in [5.41, 5.74) is 0. The Labute approximate surface area is 66.6 Å². The number of methoxy groups -OCH3 is 1. The van der Waals surface area contributed by atoms with Crippen molar-refractivity contribution in [1.82, 2.24) is 4.57 Å². The van der Waals surface area contributed by atoms with Gasteiger partial charge in [0.15, 0.2) is 6.73 Å². The molecule has 0 aromatic carbocycles. The predicted octanol–water partition coefficient (Wildman–Crippen LogP) is -3.08. The minimum Gasteiger partial charge on any atom is -1.00 e. The van der Waals surface area contributed by atoms with E-state index in [0.717, 1.165) is 0 Å². The van der Waals surface area contributed by atoms with Gasteiger partial charge in [0.2, 0.25) is 6.33 Å². The molecule has 0 bridgehead atoms. The van der Waals surface area contributed by atoms with Gasteiger partial charge in [-0.1, -0.05) is 0 Å². The molecule has 0 saturated carbocycles. The number of halogens is 1. The molecule has 0 spiro atoms. The average molecular weight is 163 g/mol. The fraction of sp³-hybridized carbons (Fsp3) is 0.500. The standard InChI is InChI=1S/C6H11N2O.ClH/c1-7-3-4-8(5-7)6-9-2;/h3-5H,6H2,1-2H3;1H/q+1;/p-1. The van der Waals surface area contributed by atoms with Crippen molar-refractivity contribution in [2.75, 3.05) is 7.11 Å². The number of hydrogen-bond donors (Lipinski definition) is 0. The summed E-state index contributed by atoms with van der Waals surface area (Å²) in [6.07, 6.45) is 5.89. The molecule has 1 aromatic rings. The Morgan fingerprint density at radius 1 is 1.60 bits per heavy atom. The lowest BCUT2D eigenvalue weighted by Gasteiger charge is -1.88. The lowest BCUT2D eigenvalue weighted by molar-refractivity contribution is -0.671. The minimum absolute atomic E-state index is 0. The van der Waals surface area contributed by atoms with E-state index in [4.69, 9.17) is 4.74 Å². The van der Waals surface area contributed by atoms with Crippen LogP contribution < -0.4 is 17.0 Å². The molecule has 1 aromatic heterocycles. The van der Waals surface area contributed by atoms with Crippen molar-refractivity contribution in [3.05, 3.63) is 18.7 Å². The molecule has 0 N–H and O–H groups in total. The molecule has 0 radical (unpaired) electrons. The van der Waals surface area contributed by atoms with Crippen LogP contribution in [-0.4, -0.2) is 11.7 Å². The maximum absolute atomic E-state index is 4.89. The zero-order valence-corrected chi connectivity index (χ0v) is 6.88. The van der Waals surface area contributed by atoms with Crippen LogP contribution in [0.15, 0.2) is 18.7 Å². The van der Waals surface area contributed by atoms with Crippen molar-refractivity contribution in [3.63, 3.8) is 0 Å². The van der Waals surface area contributed by atoms with Gasteiger partial charge in [0.1, 0.15) is 12.4 Å². The minimum atomic E-state index is 0. The van der Waals surface area contributed by atoms with Crippen molar-refractivity contribution in [3.8, 4) is 0 Å². The first kappa shape index (κ1) is 9.46. The summed E-state index contributed by atoms with van der Waals surface area (Å²) in [5, 5.41) is 0. The van der Waals surface area contributed by atoms with E-state index in [-0.39, 0.29) is 12.4 Å². The summed E-state index contributed by atoms with van der Waals surface area (Å²) < 4.78 is 8.82. The Morgan fingerprint density at radius 2 is 2.30 bits per heavy atom. The normalized spacial score (nSPS) is 9.00. The Balaban J connectivity index is 0.000000810. The van der Waals surface area contributed by atoms with E-state index < -0.39 is 0 Å². The third-order valence-corrected chi connectivity index (χ3v) is 1.10. The molecular weight excluding hydrogens is 152 g/mol. The van der Waals surface area contributed by atoms with Gasteiger partial charge in [-0.15, -0.1) is 0 Å². The van der Waals surface area contributed by atoms with Gasteiger partial charge in [-0.2, -0.15) is 0 Å². The van der Waals surface area contributed by atoms with Gasteiger partial charge in [-0.3, -0.25) is 0 Å². The van der Waals surface area contributed by atoms with Crippen LogP contribution in [0.5, 0.6) is 0 Å². The molecule has 0 atom stereocenters. The lowest BCUT2D eigenvalue weighted by atomic mass is 10.9. The first-order valence-electron chi connectivity index (χ1n) is 2.83. The maximum Gasteiger partial charge on any atom is 0.245 e. The van der Waals surface area contributed by atoms with E-state index >= 15 is 0 Å². The van der Waals surface area contributed by atoms with E-state index in [9.17, 15) is 0 Å². The molecule has 58 valence electrons. The molecule has 0 aliphatic heterocycles. The van der Waals surface area contributed by atoms with Gasteiger partial charge >= 0.3 is 0 Å². The second-order valence-electron chi connectivity index (χ2n) is 2.01. The van der Waals surface area contributed by atoms with Gasteiger partial charge in [0, 0.05) is 7.11 Å². The van der Waals surface area contributed by atoms with Crippen LogP contribution in [0.3, 0.4) is 0 Å². The van der Waals surface area contributed by atoms with Crippen molar-refractivity contribution in [1.29, 1.82) is 0 Å². The zero-order chi connectivity index (χ0) is 6.69. The molecule has 1 heterocycles. The smallest absolute Gasteiger partial charge is 0.245 e. The molecule has 10 heavy (non-hydrogen) atoms. The highest BCUT2D eigenvalue weighted by atomic mass is 35.5. The largest absolute Gasteiger partial charge is 1.00 e. The Hall–Kier alpha value is -0.540. The Morgan fingerprint density at radius 3 is 2.70 bits per heavy atom. The van der Waals surface area contributed by atoms with Crippen LogP contribution in [0, 0.1) is 0 Å². The van der Waals surface area contributed by atoms with Crippen LogP contribution >= 0.6 is 0 Å². The Kier molecular flexibility index (Phi) is 4.07. The van der Waals surface area contributed by atoms with Crippen LogP contribution in [-0.2, 0) is 18.5 Å². The number of aryl methyl sites for hydroxylation is 1. The highest BCUT2D eigenvalue weighted by molar-refractivity contribution is 4.62. The molecule has 0 aliphatic rings. The number of imidazole rings is 1. The number of aromatic nitrogens is 2. The number of hydrogen-bond acceptors (Lipinski definition) is 1. The summed E-state index contributed by atoms with van der Waals surface area (Å²) in [4.78, 5) is 0. The van der Waals surface area contributed by atoms with E-state index in [2.05, 4.69) is 0 Å². The van der Waals surface area contributed by atoms with E-state index in [1.54, 1.807) is 7.11 Å². The quantitative estimate of drug-likeness (QED) is 0.422. The summed E-state index contributed by atoms with van der Waals surface area (Å²) in [6, 6.07) is 0. The van der Waals surface area contributed by atoms with Gasteiger partial charge in [-0.25, -0.2) is 9.13 Å². The maximum atomic E-state index is 4.89. The summed E-state index contributed by atoms with van der Waals surface area (Å²) >= 11 is 0. The van der Waals surface area contributed by atoms with Crippen molar-refractivity contribution >= 4 is 0 Å². The van der Waals surface area contributed by atoms with E-state index in [1.165, 1.54) is 0 Å². The second kappa shape index (κ2) is 4.30. The predicted molar refractivity (Wildman–Crippen MR) is 32.6 cm³/mol. The molecule has 0 amide bonds. The van der Waals surface area contributed by atoms with Gasteiger partial charge in [-0.05, 0) is 0 Å². The summed E-state index contributed by atoms with van der Waals surface area (Å²) in [7, 11) is 3.66. The van der Waals surface area contributed by atoms with Crippen molar-refractivity contribution in [2.45, 2.75) is 6.73 Å². The topological polar surface area (TPSA) is 18.0 Å². The summed E-state index contributed by atoms with van der Waals surface area (Å²) in [6.45, 7) is 0.626. The molecule has 0 fully saturated rings. The number of nitrogens with zero attached hydrogens (tertiary/aromatic N) is 2. The number of ether oxygens (including phenoxy) is 1. The number of rotatable bonds is 2. The third-order valence-electron chi connectivity index (χ3n) is 1.10. The molecule has 4 heteroatoms. The van der Waals surface area contributed by atoms with Crippen LogP contribution in [0.25, 0.3) is 0 Å². The first-order chi connectivity index (χ1) is 4.33. The molecule has 3 nitrogen and oxygen atoms in total. The second-order valence-corrected chi connectivity index (χ2v) is 2.01. The van der Waals surface area contributed by atoms with E-state index in [0.29, 0.717) is 6.73 Å². The SMILES string of the molecule is COCn1cc[n+](C)c1.[Cl-]. The fourth-order valence-electron chi connectivity index (χ4n) is 0.727. The highest BCUT2D eigenvalue weighted by Gasteiger charge is 1.95. The fourth-order valence-corrected chi connectivity index (χ4v) is 0.727. The molecular formula is C6H11ClN2O. The first-order valence-corrected chi connectivity index (χ1v) is 2.83. The molecule has 0 aliphatic carbocycles. The third kappa shape index (κ3) is 2.37. The lowest BCUT2D eigenvalue weighted by Crippen LogP contribution is -3.00. The van der Waals surface area contributed by atoms with Crippen molar-refractivity contribution in [2.24, 2.45) is 7.05 Å². The summed E-state index contributed by atoms with van der Waals surface area (Å²) in [5.74, 6) is 0. The zero-order valence-electron chi connectivity index (χ0n) is 6.12. The van der Waals surface area contributed by atoms with Gasteiger partial charge in [0.05, 0.1) is 7.05 Å². The molecule has 0 saturated heterocycles. The van der Waals surface area contributed by atoms with Gasteiger partial charge < -0.3 is 17.1 Å². The average Bonchev–Trinajstić information content (AvgIpc) is 2.17. The van der Waals surface area contributed by atoms with Crippen LogP contribution in [0.2, 0.25) is 0 Å². The Bertz CT molecular complexity index is 188. The van der Waals surface area contributed by atoms with Crippen LogP contribution in [0.4, 0.5) is 0 Å². The van der Waals surface area contributed by atoms with Gasteiger partial charge in [0.25, 0.3) is 0 Å². The molecule has 1 rings (SSSR count). The molecule has 0 unspecified atom stereocenters. The highest BCUT2D eigenvalue weighted by Crippen LogP contribution is 1.81. The monoisotopic (exact) mass is 162 g/mol.